The van der Waals surface area contributed by atoms with Crippen molar-refractivity contribution in [1.29, 1.82) is 0 Å². The van der Waals surface area contributed by atoms with Gasteiger partial charge in [-0.3, -0.25) is 0 Å². The molecule has 2 aromatic rings. The van der Waals surface area contributed by atoms with E-state index in [2.05, 4.69) is 42.9 Å². The van der Waals surface area contributed by atoms with Gasteiger partial charge in [0.05, 0.1) is 7.11 Å². The van der Waals surface area contributed by atoms with Crippen LogP contribution in [0.4, 0.5) is 0 Å². The van der Waals surface area contributed by atoms with E-state index in [1.807, 2.05) is 12.1 Å². The fraction of sp³-hybridized carbons (Fsp3) is 0.333. The van der Waals surface area contributed by atoms with Crippen LogP contribution >= 0.6 is 11.6 Å². The number of rotatable bonds is 2. The molecule has 100 valence electrons. The highest BCUT2D eigenvalue weighted by Crippen LogP contribution is 2.33. The summed E-state index contributed by atoms with van der Waals surface area (Å²) in [7, 11) is 1.57. The topological polar surface area (TPSA) is 35.0 Å². The highest BCUT2D eigenvalue weighted by Gasteiger charge is 2.15. The Morgan fingerprint density at radius 1 is 1.05 bits per heavy atom. The third-order valence-corrected chi connectivity index (χ3v) is 3.26. The van der Waals surface area contributed by atoms with Crippen molar-refractivity contribution in [2.45, 2.75) is 26.2 Å². The maximum Gasteiger partial charge on any atom is 0.182 e. The van der Waals surface area contributed by atoms with E-state index in [9.17, 15) is 0 Å². The van der Waals surface area contributed by atoms with Gasteiger partial charge in [0.1, 0.15) is 12.0 Å². The summed E-state index contributed by atoms with van der Waals surface area (Å²) in [6.45, 7) is 6.55. The standard InChI is InChI=1S/C15H17ClN2O/c1-15(2,3)11-7-5-10(6-8-11)12-13(19-4)14(16)18-9-17-12/h5-9H,1-4H3. The Morgan fingerprint density at radius 3 is 2.21 bits per heavy atom. The number of halogens is 1. The van der Waals surface area contributed by atoms with Crippen LogP contribution in [0.1, 0.15) is 26.3 Å². The molecule has 0 bridgehead atoms. The van der Waals surface area contributed by atoms with Gasteiger partial charge in [0.25, 0.3) is 0 Å². The molecule has 0 saturated heterocycles. The summed E-state index contributed by atoms with van der Waals surface area (Å²) < 4.78 is 5.27. The first-order chi connectivity index (χ1) is 8.93. The van der Waals surface area contributed by atoms with Gasteiger partial charge in [0, 0.05) is 5.56 Å². The number of methoxy groups -OCH3 is 1. The minimum atomic E-state index is 0.131. The van der Waals surface area contributed by atoms with Crippen LogP contribution in [0, 0.1) is 0 Å². The van der Waals surface area contributed by atoms with Gasteiger partial charge in [-0.25, -0.2) is 9.97 Å². The van der Waals surface area contributed by atoms with E-state index >= 15 is 0 Å². The molecular formula is C15H17ClN2O. The lowest BCUT2D eigenvalue weighted by Gasteiger charge is -2.19. The summed E-state index contributed by atoms with van der Waals surface area (Å²) in [4.78, 5) is 8.17. The van der Waals surface area contributed by atoms with Gasteiger partial charge < -0.3 is 4.74 Å². The van der Waals surface area contributed by atoms with E-state index in [1.54, 1.807) is 7.11 Å². The summed E-state index contributed by atoms with van der Waals surface area (Å²) in [5.74, 6) is 0.507. The molecule has 1 heterocycles. The van der Waals surface area contributed by atoms with Crippen molar-refractivity contribution in [3.05, 3.63) is 41.3 Å². The monoisotopic (exact) mass is 276 g/mol. The van der Waals surface area contributed by atoms with Crippen molar-refractivity contribution in [2.75, 3.05) is 7.11 Å². The Labute approximate surface area is 118 Å². The molecule has 0 fully saturated rings. The third-order valence-electron chi connectivity index (χ3n) is 2.99. The summed E-state index contributed by atoms with van der Waals surface area (Å²) in [6, 6.07) is 8.26. The summed E-state index contributed by atoms with van der Waals surface area (Å²) in [5, 5.41) is 0.326. The zero-order valence-electron chi connectivity index (χ0n) is 11.6. The van der Waals surface area contributed by atoms with Crippen LogP contribution in [0.15, 0.2) is 30.6 Å². The van der Waals surface area contributed by atoms with Crippen LogP contribution < -0.4 is 4.74 Å². The SMILES string of the molecule is COc1c(Cl)ncnc1-c1ccc(C(C)(C)C)cc1. The molecule has 2 rings (SSSR count). The molecule has 0 unspecified atom stereocenters. The molecule has 0 spiro atoms. The molecule has 0 aliphatic carbocycles. The highest BCUT2D eigenvalue weighted by molar-refractivity contribution is 6.31. The molecule has 0 aliphatic rings. The van der Waals surface area contributed by atoms with Crippen LogP contribution in [0.5, 0.6) is 5.75 Å². The van der Waals surface area contributed by atoms with Crippen molar-refractivity contribution in [3.63, 3.8) is 0 Å². The zero-order valence-corrected chi connectivity index (χ0v) is 12.3. The number of aromatic nitrogens is 2. The van der Waals surface area contributed by atoms with E-state index in [1.165, 1.54) is 11.9 Å². The lowest BCUT2D eigenvalue weighted by Crippen LogP contribution is -2.10. The van der Waals surface area contributed by atoms with Gasteiger partial charge in [-0.2, -0.15) is 0 Å². The van der Waals surface area contributed by atoms with Gasteiger partial charge in [-0.15, -0.1) is 0 Å². The van der Waals surface area contributed by atoms with Crippen molar-refractivity contribution < 1.29 is 4.74 Å². The van der Waals surface area contributed by atoms with Crippen LogP contribution in [0.2, 0.25) is 5.15 Å². The number of ether oxygens (including phenoxy) is 1. The van der Waals surface area contributed by atoms with Gasteiger partial charge in [0.15, 0.2) is 10.9 Å². The predicted octanol–water partition coefficient (Wildman–Crippen LogP) is 4.10. The number of nitrogens with zero attached hydrogens (tertiary/aromatic N) is 2. The lowest BCUT2D eigenvalue weighted by molar-refractivity contribution is 0.413. The molecular weight excluding hydrogens is 260 g/mol. The first kappa shape index (κ1) is 13.8. The first-order valence-electron chi connectivity index (χ1n) is 6.09. The van der Waals surface area contributed by atoms with Crippen molar-refractivity contribution in [1.82, 2.24) is 9.97 Å². The van der Waals surface area contributed by atoms with Crippen molar-refractivity contribution >= 4 is 11.6 Å². The minimum Gasteiger partial charge on any atom is -0.491 e. The average Bonchev–Trinajstić information content (AvgIpc) is 2.37. The van der Waals surface area contributed by atoms with Gasteiger partial charge >= 0.3 is 0 Å². The Balaban J connectivity index is 2.46. The molecule has 1 aromatic carbocycles. The van der Waals surface area contributed by atoms with Crippen LogP contribution in [-0.2, 0) is 5.41 Å². The Hall–Kier alpha value is -1.61. The molecule has 0 atom stereocenters. The van der Waals surface area contributed by atoms with E-state index in [4.69, 9.17) is 16.3 Å². The lowest BCUT2D eigenvalue weighted by atomic mass is 9.86. The van der Waals surface area contributed by atoms with E-state index in [0.717, 1.165) is 5.56 Å². The van der Waals surface area contributed by atoms with E-state index in [0.29, 0.717) is 16.6 Å². The molecule has 0 aliphatic heterocycles. The first-order valence-corrected chi connectivity index (χ1v) is 6.46. The molecule has 1 aromatic heterocycles. The largest absolute Gasteiger partial charge is 0.491 e. The Kier molecular flexibility index (Phi) is 3.76. The maximum atomic E-state index is 6.01. The second-order valence-corrected chi connectivity index (χ2v) is 5.73. The minimum absolute atomic E-state index is 0.131. The van der Waals surface area contributed by atoms with Gasteiger partial charge in [-0.1, -0.05) is 56.6 Å². The predicted molar refractivity (Wildman–Crippen MR) is 77.7 cm³/mol. The molecule has 0 amide bonds. The van der Waals surface area contributed by atoms with Crippen LogP contribution in [0.3, 0.4) is 0 Å². The Bertz CT molecular complexity index is 574. The molecule has 0 radical (unpaired) electrons. The number of hydrogen-bond donors (Lipinski definition) is 0. The molecule has 4 heteroatoms. The smallest absolute Gasteiger partial charge is 0.182 e. The van der Waals surface area contributed by atoms with Gasteiger partial charge in [-0.05, 0) is 11.0 Å². The third kappa shape index (κ3) is 2.87. The second kappa shape index (κ2) is 5.17. The second-order valence-electron chi connectivity index (χ2n) is 5.37. The van der Waals surface area contributed by atoms with Gasteiger partial charge in [0.2, 0.25) is 0 Å². The summed E-state index contributed by atoms with van der Waals surface area (Å²) in [5.41, 5.74) is 3.08. The molecule has 3 nitrogen and oxygen atoms in total. The van der Waals surface area contributed by atoms with E-state index in [-0.39, 0.29) is 5.41 Å². The molecule has 0 N–H and O–H groups in total. The van der Waals surface area contributed by atoms with Crippen LogP contribution in [-0.4, -0.2) is 17.1 Å². The average molecular weight is 277 g/mol. The summed E-state index contributed by atoms with van der Waals surface area (Å²) >= 11 is 6.01. The summed E-state index contributed by atoms with van der Waals surface area (Å²) in [6.07, 6.45) is 1.44. The fourth-order valence-electron chi connectivity index (χ4n) is 1.87. The highest BCUT2D eigenvalue weighted by atomic mass is 35.5. The van der Waals surface area contributed by atoms with E-state index < -0.39 is 0 Å². The fourth-order valence-corrected chi connectivity index (χ4v) is 2.08. The van der Waals surface area contributed by atoms with Crippen molar-refractivity contribution in [2.24, 2.45) is 0 Å². The molecule has 19 heavy (non-hydrogen) atoms. The normalized spacial score (nSPS) is 11.4. The Morgan fingerprint density at radius 2 is 1.68 bits per heavy atom. The molecule has 0 saturated carbocycles. The zero-order chi connectivity index (χ0) is 14.0. The number of benzene rings is 1. The quantitative estimate of drug-likeness (QED) is 0.775. The maximum absolute atomic E-state index is 6.01. The van der Waals surface area contributed by atoms with Crippen LogP contribution in [0.25, 0.3) is 11.3 Å². The van der Waals surface area contributed by atoms with Crippen molar-refractivity contribution in [3.8, 4) is 17.0 Å². The number of hydrogen-bond acceptors (Lipinski definition) is 3.